The van der Waals surface area contributed by atoms with Gasteiger partial charge in [0.2, 0.25) is 23.6 Å². The maximum atomic E-state index is 12.7. The van der Waals surface area contributed by atoms with E-state index in [4.69, 9.17) is 16.6 Å². The molecule has 0 heterocycles. The SMILES string of the molecule is CSCCC(NC(=O)C(N)CC(C)C)C(=O)NC(CCC(N)=O)C(=O)NCC(=O)O. The lowest BCUT2D eigenvalue weighted by molar-refractivity contribution is -0.138. The molecule has 172 valence electrons. The Kier molecular flexibility index (Phi) is 13.5. The molecular formula is C18H33N5O6S. The lowest BCUT2D eigenvalue weighted by Gasteiger charge is -2.24. The van der Waals surface area contributed by atoms with Gasteiger partial charge < -0.3 is 32.5 Å². The summed E-state index contributed by atoms with van der Waals surface area (Å²) in [4.78, 5) is 59.0. The largest absolute Gasteiger partial charge is 0.480 e. The van der Waals surface area contributed by atoms with E-state index < -0.39 is 54.3 Å². The van der Waals surface area contributed by atoms with Crippen LogP contribution in [0.15, 0.2) is 0 Å². The summed E-state index contributed by atoms with van der Waals surface area (Å²) in [6.45, 7) is 3.20. The normalized spacial score (nSPS) is 13.8. The third-order valence-electron chi connectivity index (χ3n) is 4.03. The van der Waals surface area contributed by atoms with Crippen LogP contribution in [0, 0.1) is 5.92 Å². The Balaban J connectivity index is 5.23. The van der Waals surface area contributed by atoms with E-state index in [0.717, 1.165) is 0 Å². The number of aliphatic carboxylic acids is 1. The van der Waals surface area contributed by atoms with Crippen LogP contribution in [0.5, 0.6) is 0 Å². The zero-order valence-electron chi connectivity index (χ0n) is 17.6. The summed E-state index contributed by atoms with van der Waals surface area (Å²) in [5.74, 6) is -3.05. The van der Waals surface area contributed by atoms with Gasteiger partial charge in [0.05, 0.1) is 6.04 Å². The summed E-state index contributed by atoms with van der Waals surface area (Å²) in [5.41, 5.74) is 11.0. The van der Waals surface area contributed by atoms with E-state index in [-0.39, 0.29) is 18.8 Å². The second kappa shape index (κ2) is 14.6. The first-order chi connectivity index (χ1) is 14.0. The van der Waals surface area contributed by atoms with Crippen molar-refractivity contribution in [3.05, 3.63) is 0 Å². The summed E-state index contributed by atoms with van der Waals surface area (Å²) in [5, 5.41) is 15.9. The fraction of sp³-hybridized carbons (Fsp3) is 0.722. The molecule has 0 aromatic carbocycles. The van der Waals surface area contributed by atoms with Crippen molar-refractivity contribution < 1.29 is 29.1 Å². The van der Waals surface area contributed by atoms with Gasteiger partial charge in [-0.3, -0.25) is 24.0 Å². The molecule has 0 bridgehead atoms. The van der Waals surface area contributed by atoms with Gasteiger partial charge in [-0.05, 0) is 37.2 Å². The highest BCUT2D eigenvalue weighted by molar-refractivity contribution is 7.98. The molecule has 0 radical (unpaired) electrons. The molecule has 0 spiro atoms. The first-order valence-electron chi connectivity index (χ1n) is 9.60. The van der Waals surface area contributed by atoms with Crippen LogP contribution in [-0.2, 0) is 24.0 Å². The van der Waals surface area contributed by atoms with Crippen molar-refractivity contribution in [2.75, 3.05) is 18.6 Å². The van der Waals surface area contributed by atoms with Crippen molar-refractivity contribution in [3.8, 4) is 0 Å². The molecule has 30 heavy (non-hydrogen) atoms. The van der Waals surface area contributed by atoms with Gasteiger partial charge in [0.25, 0.3) is 0 Å². The number of rotatable bonds is 15. The molecule has 0 aliphatic heterocycles. The van der Waals surface area contributed by atoms with Crippen molar-refractivity contribution >= 4 is 41.4 Å². The van der Waals surface area contributed by atoms with Crippen molar-refractivity contribution in [3.63, 3.8) is 0 Å². The van der Waals surface area contributed by atoms with E-state index in [0.29, 0.717) is 18.6 Å². The Hall–Kier alpha value is -2.34. The fourth-order valence-corrected chi connectivity index (χ4v) is 2.98. The van der Waals surface area contributed by atoms with Crippen LogP contribution in [0.3, 0.4) is 0 Å². The minimum atomic E-state index is -1.26. The molecule has 0 saturated carbocycles. The summed E-state index contributed by atoms with van der Waals surface area (Å²) in [6, 6.07) is -2.90. The van der Waals surface area contributed by atoms with Crippen molar-refractivity contribution in [1.82, 2.24) is 16.0 Å². The number of carbonyl (C=O) groups is 5. The minimum Gasteiger partial charge on any atom is -0.480 e. The molecule has 0 aliphatic carbocycles. The van der Waals surface area contributed by atoms with E-state index in [1.54, 1.807) is 0 Å². The van der Waals surface area contributed by atoms with Gasteiger partial charge in [0.15, 0.2) is 0 Å². The van der Waals surface area contributed by atoms with Gasteiger partial charge in [-0.25, -0.2) is 0 Å². The number of hydrogen-bond donors (Lipinski definition) is 6. The molecule has 3 atom stereocenters. The molecule has 0 rings (SSSR count). The predicted molar refractivity (Wildman–Crippen MR) is 113 cm³/mol. The van der Waals surface area contributed by atoms with Crippen LogP contribution in [0.25, 0.3) is 0 Å². The average Bonchev–Trinajstić information content (AvgIpc) is 2.65. The molecule has 0 aromatic heterocycles. The maximum absolute atomic E-state index is 12.7. The predicted octanol–water partition coefficient (Wildman–Crippen LogP) is -1.45. The zero-order valence-corrected chi connectivity index (χ0v) is 18.4. The fourth-order valence-electron chi connectivity index (χ4n) is 2.51. The van der Waals surface area contributed by atoms with Gasteiger partial charge in [0, 0.05) is 6.42 Å². The minimum absolute atomic E-state index is 0.109. The number of hydrogen-bond acceptors (Lipinski definition) is 7. The number of carboxylic acid groups (broad SMARTS) is 1. The summed E-state index contributed by atoms with van der Waals surface area (Å²) < 4.78 is 0. The Labute approximate surface area is 180 Å². The zero-order chi connectivity index (χ0) is 23.3. The molecule has 3 unspecified atom stereocenters. The Bertz CT molecular complexity index is 616. The van der Waals surface area contributed by atoms with Crippen LogP contribution in [0.4, 0.5) is 0 Å². The van der Waals surface area contributed by atoms with Gasteiger partial charge in [-0.2, -0.15) is 11.8 Å². The van der Waals surface area contributed by atoms with Crippen molar-refractivity contribution in [2.24, 2.45) is 17.4 Å². The van der Waals surface area contributed by atoms with Crippen molar-refractivity contribution in [1.29, 1.82) is 0 Å². The lowest BCUT2D eigenvalue weighted by Crippen LogP contribution is -2.56. The molecule has 0 aliphatic rings. The average molecular weight is 448 g/mol. The first-order valence-corrected chi connectivity index (χ1v) is 11.0. The quantitative estimate of drug-likeness (QED) is 0.175. The number of thioether (sulfide) groups is 1. The number of carboxylic acids is 1. The smallest absolute Gasteiger partial charge is 0.322 e. The van der Waals surface area contributed by atoms with Gasteiger partial charge >= 0.3 is 5.97 Å². The van der Waals surface area contributed by atoms with E-state index in [9.17, 15) is 24.0 Å². The number of carbonyl (C=O) groups excluding carboxylic acids is 4. The van der Waals surface area contributed by atoms with Gasteiger partial charge in [-0.1, -0.05) is 13.8 Å². The van der Waals surface area contributed by atoms with E-state index in [1.165, 1.54) is 11.8 Å². The first kappa shape index (κ1) is 27.7. The summed E-state index contributed by atoms with van der Waals surface area (Å²) in [7, 11) is 0. The molecule has 0 saturated heterocycles. The Morgan fingerprint density at radius 1 is 0.967 bits per heavy atom. The molecule has 0 fully saturated rings. The molecule has 0 aromatic rings. The van der Waals surface area contributed by atoms with Crippen LogP contribution >= 0.6 is 11.8 Å². The van der Waals surface area contributed by atoms with E-state index in [1.807, 2.05) is 20.1 Å². The van der Waals surface area contributed by atoms with Gasteiger partial charge in [-0.15, -0.1) is 0 Å². The topological polar surface area (TPSA) is 194 Å². The highest BCUT2D eigenvalue weighted by Gasteiger charge is 2.28. The van der Waals surface area contributed by atoms with Crippen LogP contribution in [0.1, 0.15) is 39.5 Å². The standard InChI is InChI=1S/C18H33N5O6S/c1-10(2)8-11(19)16(27)22-13(6-7-30-3)18(29)23-12(4-5-14(20)24)17(28)21-9-15(25)26/h10-13H,4-9,19H2,1-3H3,(H2,20,24)(H,21,28)(H,22,27)(H,23,29)(H,25,26). The summed E-state index contributed by atoms with van der Waals surface area (Å²) >= 11 is 1.48. The highest BCUT2D eigenvalue weighted by Crippen LogP contribution is 2.07. The second-order valence-electron chi connectivity index (χ2n) is 7.26. The Morgan fingerprint density at radius 2 is 1.53 bits per heavy atom. The molecule has 4 amide bonds. The van der Waals surface area contributed by atoms with E-state index >= 15 is 0 Å². The van der Waals surface area contributed by atoms with Gasteiger partial charge in [0.1, 0.15) is 18.6 Å². The second-order valence-corrected chi connectivity index (χ2v) is 8.24. The Morgan fingerprint density at radius 3 is 2.03 bits per heavy atom. The number of nitrogens with two attached hydrogens (primary N) is 2. The van der Waals surface area contributed by atoms with E-state index in [2.05, 4.69) is 16.0 Å². The van der Waals surface area contributed by atoms with Crippen molar-refractivity contribution in [2.45, 2.75) is 57.7 Å². The molecule has 12 heteroatoms. The maximum Gasteiger partial charge on any atom is 0.322 e. The third kappa shape index (κ3) is 12.3. The molecular weight excluding hydrogens is 414 g/mol. The highest BCUT2D eigenvalue weighted by atomic mass is 32.2. The number of amides is 4. The third-order valence-corrected chi connectivity index (χ3v) is 4.68. The van der Waals surface area contributed by atoms with Crippen LogP contribution in [0.2, 0.25) is 0 Å². The monoisotopic (exact) mass is 447 g/mol. The molecule has 11 nitrogen and oxygen atoms in total. The number of nitrogens with one attached hydrogen (secondary N) is 3. The number of primary amides is 1. The lowest BCUT2D eigenvalue weighted by atomic mass is 10.0. The molecule has 8 N–H and O–H groups in total. The van der Waals surface area contributed by atoms with Crippen LogP contribution < -0.4 is 27.4 Å². The summed E-state index contributed by atoms with van der Waals surface area (Å²) in [6.07, 6.45) is 2.29. The van der Waals surface area contributed by atoms with Crippen LogP contribution in [-0.4, -0.2) is 71.4 Å².